The Morgan fingerprint density at radius 2 is 2.12 bits per heavy atom. The van der Waals surface area contributed by atoms with E-state index in [-0.39, 0.29) is 24.6 Å². The van der Waals surface area contributed by atoms with Gasteiger partial charge in [0.1, 0.15) is 5.82 Å². The lowest BCUT2D eigenvalue weighted by Crippen LogP contribution is -2.35. The molecule has 0 radical (unpaired) electrons. The summed E-state index contributed by atoms with van der Waals surface area (Å²) in [5.74, 6) is -0.489. The predicted molar refractivity (Wildman–Crippen MR) is 90.5 cm³/mol. The molecule has 0 unspecified atom stereocenters. The first-order chi connectivity index (χ1) is 11.9. The summed E-state index contributed by atoms with van der Waals surface area (Å²) in [5.41, 5.74) is 0.766. The highest BCUT2D eigenvalue weighted by molar-refractivity contribution is 7.89. The van der Waals surface area contributed by atoms with Gasteiger partial charge in [0.15, 0.2) is 5.13 Å². The molecule has 0 fully saturated rings. The zero-order chi connectivity index (χ0) is 18.0. The molecule has 0 saturated carbocycles. The Labute approximate surface area is 148 Å². The summed E-state index contributed by atoms with van der Waals surface area (Å²) in [5, 5.41) is 2.91. The van der Waals surface area contributed by atoms with Gasteiger partial charge in [-0.3, -0.25) is 5.32 Å². The molecule has 0 saturated heterocycles. The van der Waals surface area contributed by atoms with Crippen LogP contribution in [0, 0.1) is 5.82 Å². The van der Waals surface area contributed by atoms with E-state index < -0.39 is 21.9 Å². The lowest BCUT2D eigenvalue weighted by Gasteiger charge is -2.25. The molecule has 3 rings (SSSR count). The smallest absolute Gasteiger partial charge is 0.413 e. The van der Waals surface area contributed by atoms with Gasteiger partial charge in [0, 0.05) is 17.8 Å². The van der Waals surface area contributed by atoms with Crippen LogP contribution in [-0.2, 0) is 27.7 Å². The number of sulfonamides is 1. The third kappa shape index (κ3) is 3.80. The number of carbonyl (C=O) groups is 1. The lowest BCUT2D eigenvalue weighted by atomic mass is 10.2. The first-order valence-corrected chi connectivity index (χ1v) is 9.84. The van der Waals surface area contributed by atoms with E-state index in [9.17, 15) is 17.6 Å². The fourth-order valence-corrected chi connectivity index (χ4v) is 4.94. The van der Waals surface area contributed by atoms with Gasteiger partial charge >= 0.3 is 6.09 Å². The largest absolute Gasteiger partial charge is 0.450 e. The van der Waals surface area contributed by atoms with Crippen LogP contribution in [0.5, 0.6) is 0 Å². The van der Waals surface area contributed by atoms with Crippen molar-refractivity contribution in [2.24, 2.45) is 0 Å². The van der Waals surface area contributed by atoms with Crippen LogP contribution >= 0.6 is 11.3 Å². The molecule has 0 bridgehead atoms. The average Bonchev–Trinajstić information content (AvgIpc) is 2.96. The second-order valence-electron chi connectivity index (χ2n) is 5.28. The summed E-state index contributed by atoms with van der Waals surface area (Å²) in [6.45, 7) is 2.39. The Morgan fingerprint density at radius 3 is 2.80 bits per heavy atom. The van der Waals surface area contributed by atoms with Crippen LogP contribution in [0.1, 0.15) is 17.5 Å². The van der Waals surface area contributed by atoms with E-state index in [1.165, 1.54) is 27.8 Å². The molecule has 7 nitrogen and oxygen atoms in total. The van der Waals surface area contributed by atoms with Crippen molar-refractivity contribution < 1.29 is 22.3 Å². The van der Waals surface area contributed by atoms with Crippen LogP contribution in [0.3, 0.4) is 0 Å². The Morgan fingerprint density at radius 1 is 1.40 bits per heavy atom. The molecule has 1 aliphatic heterocycles. The zero-order valence-electron chi connectivity index (χ0n) is 13.4. The van der Waals surface area contributed by atoms with Crippen LogP contribution in [0.2, 0.25) is 0 Å². The number of rotatable bonds is 4. The van der Waals surface area contributed by atoms with E-state index in [1.54, 1.807) is 6.92 Å². The van der Waals surface area contributed by atoms with Gasteiger partial charge in [0.05, 0.1) is 23.7 Å². The van der Waals surface area contributed by atoms with E-state index in [0.717, 1.165) is 22.7 Å². The number of amides is 1. The molecular formula is C15H16FN3O4S2. The molecule has 1 aliphatic rings. The number of hydrogen-bond donors (Lipinski definition) is 1. The Hall–Kier alpha value is -2.04. The van der Waals surface area contributed by atoms with Crippen LogP contribution in [0.25, 0.3) is 0 Å². The second-order valence-corrected chi connectivity index (χ2v) is 8.30. The van der Waals surface area contributed by atoms with E-state index in [0.29, 0.717) is 11.6 Å². The molecule has 1 N–H and O–H groups in total. The van der Waals surface area contributed by atoms with Crippen LogP contribution < -0.4 is 5.32 Å². The molecule has 0 atom stereocenters. The highest BCUT2D eigenvalue weighted by atomic mass is 32.2. The molecule has 0 aliphatic carbocycles. The summed E-state index contributed by atoms with van der Waals surface area (Å²) in [6, 6.07) is 4.74. The maximum absolute atomic E-state index is 13.0. The van der Waals surface area contributed by atoms with Gasteiger partial charge in [-0.25, -0.2) is 22.6 Å². The van der Waals surface area contributed by atoms with Gasteiger partial charge in [-0.05, 0) is 31.2 Å². The fraction of sp³-hybridized carbons (Fsp3) is 0.333. The Bertz CT molecular complexity index is 881. The van der Waals surface area contributed by atoms with Gasteiger partial charge in [-0.1, -0.05) is 11.3 Å². The minimum Gasteiger partial charge on any atom is -0.450 e. The standard InChI is InChI=1S/C15H16FN3O4S2/c1-2-23-15(20)18-14-17-12-7-8-19(9-13(12)24-14)25(21,22)11-5-3-10(16)4-6-11/h3-6H,2,7-9H2,1H3,(H,17,18,20). The molecule has 1 aromatic heterocycles. The van der Waals surface area contributed by atoms with Crippen molar-refractivity contribution in [3.63, 3.8) is 0 Å². The van der Waals surface area contributed by atoms with Crippen molar-refractivity contribution in [2.75, 3.05) is 18.5 Å². The van der Waals surface area contributed by atoms with Gasteiger partial charge in [-0.15, -0.1) is 0 Å². The van der Waals surface area contributed by atoms with Crippen molar-refractivity contribution >= 4 is 32.6 Å². The maximum atomic E-state index is 13.0. The van der Waals surface area contributed by atoms with Gasteiger partial charge < -0.3 is 4.74 Å². The minimum absolute atomic E-state index is 0.0479. The monoisotopic (exact) mass is 385 g/mol. The second kappa shape index (κ2) is 7.06. The summed E-state index contributed by atoms with van der Waals surface area (Å²) >= 11 is 1.22. The van der Waals surface area contributed by atoms with Crippen molar-refractivity contribution in [2.45, 2.75) is 24.8 Å². The number of anilines is 1. The number of hydrogen-bond acceptors (Lipinski definition) is 6. The zero-order valence-corrected chi connectivity index (χ0v) is 15.0. The molecule has 134 valence electrons. The van der Waals surface area contributed by atoms with Crippen molar-refractivity contribution in [1.82, 2.24) is 9.29 Å². The Balaban J connectivity index is 1.77. The highest BCUT2D eigenvalue weighted by Gasteiger charge is 2.30. The number of ether oxygens (including phenoxy) is 1. The number of nitrogens with zero attached hydrogens (tertiary/aromatic N) is 2. The molecule has 2 heterocycles. The molecule has 10 heteroatoms. The number of aromatic nitrogens is 1. The predicted octanol–water partition coefficient (Wildman–Crippen LogP) is 2.60. The van der Waals surface area contributed by atoms with Crippen molar-refractivity contribution in [3.8, 4) is 0 Å². The van der Waals surface area contributed by atoms with E-state index >= 15 is 0 Å². The van der Waals surface area contributed by atoms with Crippen LogP contribution in [0.15, 0.2) is 29.2 Å². The highest BCUT2D eigenvalue weighted by Crippen LogP contribution is 2.31. The number of fused-ring (bicyclic) bond motifs is 1. The van der Waals surface area contributed by atoms with Gasteiger partial charge in [-0.2, -0.15) is 4.31 Å². The summed E-state index contributed by atoms with van der Waals surface area (Å²) in [6.07, 6.45) is -0.152. The molecule has 0 spiro atoms. The molecule has 1 amide bonds. The fourth-order valence-electron chi connectivity index (χ4n) is 2.44. The van der Waals surface area contributed by atoms with Crippen LogP contribution in [0.4, 0.5) is 14.3 Å². The molecular weight excluding hydrogens is 369 g/mol. The van der Waals surface area contributed by atoms with Crippen molar-refractivity contribution in [1.29, 1.82) is 0 Å². The third-order valence-corrected chi connectivity index (χ3v) is 6.49. The van der Waals surface area contributed by atoms with E-state index in [1.807, 2.05) is 0 Å². The van der Waals surface area contributed by atoms with Gasteiger partial charge in [0.25, 0.3) is 0 Å². The lowest BCUT2D eigenvalue weighted by molar-refractivity contribution is 0.168. The number of nitrogens with one attached hydrogen (secondary N) is 1. The summed E-state index contributed by atoms with van der Waals surface area (Å²) in [4.78, 5) is 16.6. The molecule has 2 aromatic rings. The van der Waals surface area contributed by atoms with Crippen molar-refractivity contribution in [3.05, 3.63) is 40.7 Å². The van der Waals surface area contributed by atoms with E-state index in [2.05, 4.69) is 10.3 Å². The topological polar surface area (TPSA) is 88.6 Å². The van der Waals surface area contributed by atoms with Gasteiger partial charge in [0.2, 0.25) is 10.0 Å². The summed E-state index contributed by atoms with van der Waals surface area (Å²) in [7, 11) is -3.71. The number of thiazole rings is 1. The first-order valence-electron chi connectivity index (χ1n) is 7.58. The SMILES string of the molecule is CCOC(=O)Nc1nc2c(s1)CN(S(=O)(=O)c1ccc(F)cc1)CC2. The van der Waals surface area contributed by atoms with Crippen LogP contribution in [-0.4, -0.2) is 37.0 Å². The Kier molecular flexibility index (Phi) is 5.02. The van der Waals surface area contributed by atoms with E-state index in [4.69, 9.17) is 4.74 Å². The quantitative estimate of drug-likeness (QED) is 0.874. The minimum atomic E-state index is -3.71. The normalized spacial score (nSPS) is 14.8. The number of carbonyl (C=O) groups excluding carboxylic acids is 1. The molecule has 25 heavy (non-hydrogen) atoms. The number of halogens is 1. The third-order valence-electron chi connectivity index (χ3n) is 3.63. The molecule has 1 aromatic carbocycles. The summed E-state index contributed by atoms with van der Waals surface area (Å²) < 4.78 is 44.5. The average molecular weight is 385 g/mol. The first kappa shape index (κ1) is 17.8. The number of benzene rings is 1. The maximum Gasteiger partial charge on any atom is 0.413 e.